The van der Waals surface area contributed by atoms with E-state index < -0.39 is 0 Å². The molecule has 2 aromatic carbocycles. The van der Waals surface area contributed by atoms with Crippen molar-refractivity contribution in [2.24, 2.45) is 0 Å². The van der Waals surface area contributed by atoms with Crippen molar-refractivity contribution in [3.8, 4) is 0 Å². The molecular formula is C15H18I+. The molecule has 0 nitrogen and oxygen atoms in total. The normalized spacial score (nSPS) is 9.62. The van der Waals surface area contributed by atoms with Crippen molar-refractivity contribution in [2.75, 3.05) is 0 Å². The molecule has 1 heteroatoms. The van der Waals surface area contributed by atoms with E-state index in [1.807, 2.05) is 0 Å². The molecule has 0 aliphatic carbocycles. The van der Waals surface area contributed by atoms with Crippen molar-refractivity contribution < 1.29 is 21.2 Å². The van der Waals surface area contributed by atoms with Gasteiger partial charge >= 0.3 is 21.2 Å². The van der Waals surface area contributed by atoms with Crippen LogP contribution in [-0.2, 0) is 0 Å². The molecule has 0 heterocycles. The number of aryl methyl sites for hydroxylation is 2. The second-order valence-corrected chi connectivity index (χ2v) is 6.72. The van der Waals surface area contributed by atoms with Crippen LogP contribution < -0.4 is 21.2 Å². The summed E-state index contributed by atoms with van der Waals surface area (Å²) < 4.78 is 2.98. The fraction of sp³-hybridized carbons (Fsp3) is 0.200. The molecule has 0 fully saturated rings. The van der Waals surface area contributed by atoms with Crippen molar-refractivity contribution in [3.63, 3.8) is 0 Å². The van der Waals surface area contributed by atoms with Crippen LogP contribution in [0.3, 0.4) is 0 Å². The summed E-state index contributed by atoms with van der Waals surface area (Å²) in [5.74, 6) is 0. The van der Waals surface area contributed by atoms with E-state index in [0.29, 0.717) is 0 Å². The van der Waals surface area contributed by atoms with Crippen LogP contribution in [0.4, 0.5) is 0 Å². The van der Waals surface area contributed by atoms with Gasteiger partial charge in [0.15, 0.2) is 7.14 Å². The second kappa shape index (κ2) is 6.04. The third-order valence-corrected chi connectivity index (χ3v) is 4.92. The molecule has 0 saturated carbocycles. The summed E-state index contributed by atoms with van der Waals surface area (Å²) in [4.78, 5) is 0. The Labute approximate surface area is 109 Å². The SMILES string of the molecule is C.Cc1ccc([I+]c2ccc(C)cc2)cc1. The molecule has 0 bridgehead atoms. The van der Waals surface area contributed by atoms with Gasteiger partial charge < -0.3 is 0 Å². The fourth-order valence-electron chi connectivity index (χ4n) is 1.32. The maximum atomic E-state index is 2.25. The Morgan fingerprint density at radius 2 is 0.938 bits per heavy atom. The number of hydrogen-bond donors (Lipinski definition) is 0. The van der Waals surface area contributed by atoms with Gasteiger partial charge in [-0.25, -0.2) is 0 Å². The van der Waals surface area contributed by atoms with E-state index in [4.69, 9.17) is 0 Å². The zero-order valence-electron chi connectivity index (χ0n) is 9.00. The van der Waals surface area contributed by atoms with Gasteiger partial charge in [0.1, 0.15) is 0 Å². The monoisotopic (exact) mass is 325 g/mol. The van der Waals surface area contributed by atoms with E-state index in [1.54, 1.807) is 0 Å². The second-order valence-electron chi connectivity index (χ2n) is 3.69. The van der Waals surface area contributed by atoms with Crippen LogP contribution in [0.2, 0.25) is 0 Å². The summed E-state index contributed by atoms with van der Waals surface area (Å²) >= 11 is 0.00313. The Hall–Kier alpha value is -0.830. The molecule has 0 amide bonds. The van der Waals surface area contributed by atoms with Crippen LogP contribution in [0.15, 0.2) is 48.5 Å². The highest BCUT2D eigenvalue weighted by molar-refractivity contribution is 5.13. The smallest absolute Gasteiger partial charge is 0.0776 e. The maximum absolute atomic E-state index is 2.25. The highest BCUT2D eigenvalue weighted by Gasteiger charge is 2.13. The van der Waals surface area contributed by atoms with Gasteiger partial charge in [0.2, 0.25) is 0 Å². The largest absolute Gasteiger partial charge is 0.357 e. The Balaban J connectivity index is 0.00000128. The zero-order chi connectivity index (χ0) is 10.7. The van der Waals surface area contributed by atoms with Gasteiger partial charge in [-0.2, -0.15) is 0 Å². The lowest BCUT2D eigenvalue weighted by Gasteiger charge is -1.90. The summed E-state index contributed by atoms with van der Waals surface area (Å²) in [6, 6.07) is 17.8. The quantitative estimate of drug-likeness (QED) is 0.725. The number of halogens is 1. The van der Waals surface area contributed by atoms with E-state index in [2.05, 4.69) is 62.4 Å². The Morgan fingerprint density at radius 1 is 0.625 bits per heavy atom. The van der Waals surface area contributed by atoms with Gasteiger partial charge in [0.25, 0.3) is 0 Å². The molecule has 0 saturated heterocycles. The predicted molar refractivity (Wildman–Crippen MR) is 66.5 cm³/mol. The molecule has 0 spiro atoms. The van der Waals surface area contributed by atoms with Gasteiger partial charge in [0.05, 0.1) is 0 Å². The lowest BCUT2D eigenvalue weighted by Crippen LogP contribution is -3.61. The Bertz CT molecular complexity index is 382. The van der Waals surface area contributed by atoms with E-state index in [9.17, 15) is 0 Å². The number of benzene rings is 2. The molecule has 0 N–H and O–H groups in total. The minimum Gasteiger partial charge on any atom is -0.0776 e. The highest BCUT2D eigenvalue weighted by atomic mass is 127. The summed E-state index contributed by atoms with van der Waals surface area (Å²) in [6.45, 7) is 4.27. The number of rotatable bonds is 2. The lowest BCUT2D eigenvalue weighted by atomic mass is 10.2. The minimum atomic E-state index is 0. The van der Waals surface area contributed by atoms with Crippen molar-refractivity contribution in [3.05, 3.63) is 66.8 Å². The molecule has 0 aliphatic rings. The van der Waals surface area contributed by atoms with E-state index >= 15 is 0 Å². The van der Waals surface area contributed by atoms with Crippen molar-refractivity contribution in [2.45, 2.75) is 21.3 Å². The first kappa shape index (κ1) is 13.2. The summed E-state index contributed by atoms with van der Waals surface area (Å²) in [5.41, 5.74) is 2.68. The van der Waals surface area contributed by atoms with Crippen molar-refractivity contribution >= 4 is 0 Å². The third kappa shape index (κ3) is 3.63. The van der Waals surface area contributed by atoms with Gasteiger partial charge in [-0.05, 0) is 38.1 Å². The van der Waals surface area contributed by atoms with Gasteiger partial charge in [-0.3, -0.25) is 0 Å². The molecule has 0 aliphatic heterocycles. The molecule has 0 aromatic heterocycles. The van der Waals surface area contributed by atoms with Crippen molar-refractivity contribution in [1.29, 1.82) is 0 Å². The predicted octanol–water partition coefficient (Wildman–Crippen LogP) is 1.07. The number of hydrogen-bond acceptors (Lipinski definition) is 0. The topological polar surface area (TPSA) is 0 Å². The van der Waals surface area contributed by atoms with Crippen LogP contribution in [0.5, 0.6) is 0 Å². The molecule has 0 atom stereocenters. The Morgan fingerprint density at radius 3 is 1.25 bits per heavy atom. The van der Waals surface area contributed by atoms with Crippen LogP contribution >= 0.6 is 0 Å². The third-order valence-electron chi connectivity index (χ3n) is 2.24. The molecule has 0 unspecified atom stereocenters. The van der Waals surface area contributed by atoms with Gasteiger partial charge in [0, 0.05) is 0 Å². The van der Waals surface area contributed by atoms with Crippen molar-refractivity contribution in [1.82, 2.24) is 0 Å². The molecule has 0 radical (unpaired) electrons. The molecule has 2 aromatic rings. The average Bonchev–Trinajstić information content (AvgIpc) is 2.25. The zero-order valence-corrected chi connectivity index (χ0v) is 11.2. The van der Waals surface area contributed by atoms with Crippen LogP contribution in [0.1, 0.15) is 18.6 Å². The van der Waals surface area contributed by atoms with E-state index in [-0.39, 0.29) is 28.6 Å². The molecule has 2 rings (SSSR count). The minimum absolute atomic E-state index is 0. The van der Waals surface area contributed by atoms with E-state index in [1.165, 1.54) is 18.3 Å². The molecule has 84 valence electrons. The Kier molecular flexibility index (Phi) is 5.00. The standard InChI is InChI=1S/C14H14I.CH4/c1-11-3-7-13(8-4-11)15-14-9-5-12(2)6-10-14;/h3-10H,1-2H3;1H4/q+1;. The first-order valence-electron chi connectivity index (χ1n) is 5.02. The van der Waals surface area contributed by atoms with Crippen LogP contribution in [-0.4, -0.2) is 0 Å². The first-order chi connectivity index (χ1) is 7.24. The maximum Gasteiger partial charge on any atom is 0.357 e. The summed E-state index contributed by atoms with van der Waals surface area (Å²) in [6.07, 6.45) is 0. The van der Waals surface area contributed by atoms with E-state index in [0.717, 1.165) is 0 Å². The highest BCUT2D eigenvalue weighted by Crippen LogP contribution is 1.95. The first-order valence-corrected chi connectivity index (χ1v) is 7.18. The fourth-order valence-corrected chi connectivity index (χ4v) is 3.48. The van der Waals surface area contributed by atoms with Crippen LogP contribution in [0.25, 0.3) is 0 Å². The molecular weight excluding hydrogens is 307 g/mol. The van der Waals surface area contributed by atoms with Gasteiger partial charge in [-0.1, -0.05) is 42.8 Å². The summed E-state index contributed by atoms with van der Waals surface area (Å²) in [5, 5.41) is 0. The van der Waals surface area contributed by atoms with Crippen LogP contribution in [0, 0.1) is 21.0 Å². The molecule has 16 heavy (non-hydrogen) atoms. The van der Waals surface area contributed by atoms with Gasteiger partial charge in [-0.15, -0.1) is 0 Å². The summed E-state index contributed by atoms with van der Waals surface area (Å²) in [7, 11) is 0. The lowest BCUT2D eigenvalue weighted by molar-refractivity contribution is -0.597. The average molecular weight is 325 g/mol.